The molecule has 0 radical (unpaired) electrons. The summed E-state index contributed by atoms with van der Waals surface area (Å²) in [7, 11) is 0. The lowest BCUT2D eigenvalue weighted by atomic mass is 10.2. The first-order chi connectivity index (χ1) is 7.54. The van der Waals surface area contributed by atoms with Crippen LogP contribution in [0.3, 0.4) is 0 Å². The summed E-state index contributed by atoms with van der Waals surface area (Å²) in [5, 5.41) is 8.24. The molecule has 2 nitrogen and oxygen atoms in total. The van der Waals surface area contributed by atoms with Crippen molar-refractivity contribution in [3.8, 4) is 0 Å². The SMILES string of the molecule is CCC(SCc1ccc(F)cc1F)C(=O)O. The molecule has 1 N–H and O–H groups in total. The second-order valence-corrected chi connectivity index (χ2v) is 4.47. The molecule has 88 valence electrons. The number of carbonyl (C=O) groups is 1. The van der Waals surface area contributed by atoms with E-state index in [2.05, 4.69) is 0 Å². The Morgan fingerprint density at radius 2 is 2.19 bits per heavy atom. The third-order valence-electron chi connectivity index (χ3n) is 2.10. The summed E-state index contributed by atoms with van der Waals surface area (Å²) in [5.41, 5.74) is 0.325. The van der Waals surface area contributed by atoms with Gasteiger partial charge in [0.1, 0.15) is 16.9 Å². The third kappa shape index (κ3) is 3.48. The van der Waals surface area contributed by atoms with E-state index in [4.69, 9.17) is 5.11 Å². The fourth-order valence-electron chi connectivity index (χ4n) is 1.19. The molecule has 0 saturated carbocycles. The highest BCUT2D eigenvalue weighted by molar-refractivity contribution is 7.99. The standard InChI is InChI=1S/C11H12F2O2S/c1-2-10(11(14)15)16-6-7-3-4-8(12)5-9(7)13/h3-5,10H,2,6H2,1H3,(H,14,15). The molecule has 0 heterocycles. The van der Waals surface area contributed by atoms with Gasteiger partial charge < -0.3 is 5.11 Å². The lowest BCUT2D eigenvalue weighted by Crippen LogP contribution is -2.15. The smallest absolute Gasteiger partial charge is 0.316 e. The Hall–Kier alpha value is -1.10. The predicted octanol–water partition coefficient (Wildman–Crippen LogP) is 3.06. The molecule has 0 bridgehead atoms. The first-order valence-electron chi connectivity index (χ1n) is 4.83. The van der Waals surface area contributed by atoms with Crippen LogP contribution in [0.5, 0.6) is 0 Å². The van der Waals surface area contributed by atoms with E-state index in [9.17, 15) is 13.6 Å². The van der Waals surface area contributed by atoms with Crippen molar-refractivity contribution in [2.75, 3.05) is 0 Å². The van der Waals surface area contributed by atoms with E-state index in [1.807, 2.05) is 0 Å². The van der Waals surface area contributed by atoms with E-state index in [0.29, 0.717) is 12.0 Å². The molecular weight excluding hydrogens is 234 g/mol. The van der Waals surface area contributed by atoms with Gasteiger partial charge in [0.05, 0.1) is 0 Å². The van der Waals surface area contributed by atoms with Gasteiger partial charge in [0, 0.05) is 11.8 Å². The molecule has 0 aliphatic heterocycles. The average Bonchev–Trinajstić information content (AvgIpc) is 2.21. The van der Waals surface area contributed by atoms with Crippen molar-refractivity contribution < 1.29 is 18.7 Å². The topological polar surface area (TPSA) is 37.3 Å². The van der Waals surface area contributed by atoms with Gasteiger partial charge in [-0.25, -0.2) is 8.78 Å². The normalized spacial score (nSPS) is 12.4. The number of thioether (sulfide) groups is 1. The molecule has 0 aromatic heterocycles. The van der Waals surface area contributed by atoms with E-state index in [1.54, 1.807) is 6.92 Å². The van der Waals surface area contributed by atoms with Crippen LogP contribution in [0.25, 0.3) is 0 Å². The Morgan fingerprint density at radius 3 is 2.69 bits per heavy atom. The molecule has 16 heavy (non-hydrogen) atoms. The molecule has 0 aliphatic carbocycles. The monoisotopic (exact) mass is 246 g/mol. The molecular formula is C11H12F2O2S. The second kappa shape index (κ2) is 5.84. The zero-order valence-corrected chi connectivity index (χ0v) is 9.56. The van der Waals surface area contributed by atoms with Crippen molar-refractivity contribution >= 4 is 17.7 Å². The maximum Gasteiger partial charge on any atom is 0.316 e. The molecule has 1 unspecified atom stereocenters. The van der Waals surface area contributed by atoms with Gasteiger partial charge >= 0.3 is 5.97 Å². The molecule has 1 atom stereocenters. The number of rotatable bonds is 5. The fraction of sp³-hybridized carbons (Fsp3) is 0.364. The van der Waals surface area contributed by atoms with E-state index < -0.39 is 22.9 Å². The van der Waals surface area contributed by atoms with Gasteiger partial charge in [-0.05, 0) is 18.1 Å². The Balaban J connectivity index is 2.63. The molecule has 0 fully saturated rings. The van der Waals surface area contributed by atoms with Crippen LogP contribution in [0.4, 0.5) is 8.78 Å². The van der Waals surface area contributed by atoms with E-state index >= 15 is 0 Å². The fourth-order valence-corrected chi connectivity index (χ4v) is 2.19. The van der Waals surface area contributed by atoms with Crippen molar-refractivity contribution in [3.05, 3.63) is 35.4 Å². The summed E-state index contributed by atoms with van der Waals surface area (Å²) >= 11 is 1.14. The molecule has 0 amide bonds. The minimum absolute atomic E-state index is 0.233. The zero-order chi connectivity index (χ0) is 12.1. The number of hydrogen-bond acceptors (Lipinski definition) is 2. The minimum atomic E-state index is -0.907. The molecule has 0 spiro atoms. The second-order valence-electron chi connectivity index (χ2n) is 3.28. The lowest BCUT2D eigenvalue weighted by molar-refractivity contribution is -0.136. The highest BCUT2D eigenvalue weighted by atomic mass is 32.2. The largest absolute Gasteiger partial charge is 0.480 e. The quantitative estimate of drug-likeness (QED) is 0.867. The maximum absolute atomic E-state index is 13.2. The van der Waals surface area contributed by atoms with Crippen LogP contribution in [0.2, 0.25) is 0 Å². The summed E-state index contributed by atoms with van der Waals surface area (Å²) in [5.74, 6) is -1.93. The summed E-state index contributed by atoms with van der Waals surface area (Å²) in [6.07, 6.45) is 0.475. The Kier molecular flexibility index (Phi) is 4.73. The van der Waals surface area contributed by atoms with Crippen LogP contribution in [-0.4, -0.2) is 16.3 Å². The Labute approximate surface area is 96.7 Å². The molecule has 1 rings (SSSR count). The van der Waals surface area contributed by atoms with Crippen molar-refractivity contribution in [1.29, 1.82) is 0 Å². The van der Waals surface area contributed by atoms with Crippen molar-refractivity contribution in [1.82, 2.24) is 0 Å². The number of carboxylic acid groups (broad SMARTS) is 1. The van der Waals surface area contributed by atoms with Crippen LogP contribution in [0, 0.1) is 11.6 Å². The van der Waals surface area contributed by atoms with E-state index in [1.165, 1.54) is 12.1 Å². The van der Waals surface area contributed by atoms with Crippen LogP contribution in [0.15, 0.2) is 18.2 Å². The summed E-state index contributed by atoms with van der Waals surface area (Å²) in [6.45, 7) is 1.76. The van der Waals surface area contributed by atoms with Gasteiger partial charge in [-0.2, -0.15) is 0 Å². The van der Waals surface area contributed by atoms with Crippen molar-refractivity contribution in [2.45, 2.75) is 24.3 Å². The van der Waals surface area contributed by atoms with Crippen LogP contribution in [-0.2, 0) is 10.5 Å². The van der Waals surface area contributed by atoms with Crippen molar-refractivity contribution in [2.24, 2.45) is 0 Å². The first kappa shape index (κ1) is 13.0. The number of halogens is 2. The average molecular weight is 246 g/mol. The highest BCUT2D eigenvalue weighted by Crippen LogP contribution is 2.22. The molecule has 0 saturated heterocycles. The van der Waals surface area contributed by atoms with Gasteiger partial charge in [-0.3, -0.25) is 4.79 Å². The summed E-state index contributed by atoms with van der Waals surface area (Å²) < 4.78 is 25.8. The van der Waals surface area contributed by atoms with Crippen LogP contribution >= 0.6 is 11.8 Å². The molecule has 1 aromatic carbocycles. The minimum Gasteiger partial charge on any atom is -0.480 e. The maximum atomic E-state index is 13.2. The zero-order valence-electron chi connectivity index (χ0n) is 8.74. The van der Waals surface area contributed by atoms with Gasteiger partial charge in [0.25, 0.3) is 0 Å². The molecule has 1 aromatic rings. The Bertz CT molecular complexity index is 382. The van der Waals surface area contributed by atoms with Gasteiger partial charge in [-0.15, -0.1) is 11.8 Å². The lowest BCUT2D eigenvalue weighted by Gasteiger charge is -2.09. The summed E-state index contributed by atoms with van der Waals surface area (Å²) in [4.78, 5) is 10.7. The van der Waals surface area contributed by atoms with Crippen molar-refractivity contribution in [3.63, 3.8) is 0 Å². The highest BCUT2D eigenvalue weighted by Gasteiger charge is 2.16. The molecule has 5 heteroatoms. The van der Waals surface area contributed by atoms with Gasteiger partial charge in [0.15, 0.2) is 0 Å². The van der Waals surface area contributed by atoms with Crippen LogP contribution in [0.1, 0.15) is 18.9 Å². The molecule has 0 aliphatic rings. The third-order valence-corrected chi connectivity index (χ3v) is 3.52. The number of hydrogen-bond donors (Lipinski definition) is 1. The number of aliphatic carboxylic acids is 1. The summed E-state index contributed by atoms with van der Waals surface area (Å²) in [6, 6.07) is 3.31. The van der Waals surface area contributed by atoms with Gasteiger partial charge in [0.2, 0.25) is 0 Å². The Morgan fingerprint density at radius 1 is 1.50 bits per heavy atom. The van der Waals surface area contributed by atoms with E-state index in [-0.39, 0.29) is 5.75 Å². The van der Waals surface area contributed by atoms with Crippen LogP contribution < -0.4 is 0 Å². The first-order valence-corrected chi connectivity index (χ1v) is 5.87. The van der Waals surface area contributed by atoms with Gasteiger partial charge in [-0.1, -0.05) is 13.0 Å². The number of carboxylic acids is 1. The number of benzene rings is 1. The predicted molar refractivity (Wildman–Crippen MR) is 59.4 cm³/mol. The van der Waals surface area contributed by atoms with E-state index in [0.717, 1.165) is 17.8 Å².